The fraction of sp³-hybridized carbons (Fsp3) is 0.556. The number of methoxy groups -OCH3 is 2. The van der Waals surface area contributed by atoms with Gasteiger partial charge in [-0.05, 0) is 24.1 Å². The van der Waals surface area contributed by atoms with Crippen molar-refractivity contribution in [2.45, 2.75) is 75.5 Å². The molecule has 0 radical (unpaired) electrons. The van der Waals surface area contributed by atoms with E-state index in [0.29, 0.717) is 35.3 Å². The molecule has 0 aliphatic carbocycles. The minimum Gasteiger partial charge on any atom is -0.493 e. The number of ether oxygens (including phenoxy) is 6. The Balaban J connectivity index is 1.87. The van der Waals surface area contributed by atoms with E-state index in [1.807, 2.05) is 18.2 Å². The van der Waals surface area contributed by atoms with Crippen LogP contribution < -0.4 is 14.8 Å². The van der Waals surface area contributed by atoms with E-state index in [9.17, 15) is 19.2 Å². The highest BCUT2D eigenvalue weighted by Gasteiger charge is 2.51. The molecule has 1 aromatic heterocycles. The zero-order chi connectivity index (χ0) is 31.0. The van der Waals surface area contributed by atoms with Crippen molar-refractivity contribution in [3.63, 3.8) is 0 Å². The van der Waals surface area contributed by atoms with Gasteiger partial charge in [-0.1, -0.05) is 17.8 Å². The van der Waals surface area contributed by atoms with Crippen molar-refractivity contribution in [3.05, 3.63) is 29.6 Å². The number of amides is 1. The molecular formula is C27H36N4O10S. The zero-order valence-electron chi connectivity index (χ0n) is 24.6. The molecule has 5 atom stereocenters. The lowest BCUT2D eigenvalue weighted by atomic mass is 9.97. The molecule has 1 N–H and O–H groups in total. The normalized spacial score (nSPS) is 21.6. The Morgan fingerprint density at radius 1 is 0.929 bits per heavy atom. The summed E-state index contributed by atoms with van der Waals surface area (Å²) in [4.78, 5) is 47.8. The van der Waals surface area contributed by atoms with Crippen LogP contribution in [0.2, 0.25) is 0 Å². The van der Waals surface area contributed by atoms with Gasteiger partial charge in [0.15, 0.2) is 28.9 Å². The number of aryl methyl sites for hydroxylation is 2. The van der Waals surface area contributed by atoms with E-state index in [2.05, 4.69) is 15.5 Å². The van der Waals surface area contributed by atoms with Crippen LogP contribution >= 0.6 is 11.8 Å². The SMILES string of the molecule is COc1ccc(CCc2nnc(S[C@@H]3O[C@H](COC(C)=O)[C@@H](OC(C)=O)[C@H](OC(C)=O)[C@@H]3NC(C)=O)n2C)cc1OC. The van der Waals surface area contributed by atoms with Crippen LogP contribution in [0.25, 0.3) is 0 Å². The van der Waals surface area contributed by atoms with E-state index >= 15 is 0 Å². The molecule has 0 saturated carbocycles. The largest absolute Gasteiger partial charge is 0.493 e. The zero-order valence-corrected chi connectivity index (χ0v) is 25.4. The second kappa shape index (κ2) is 14.9. The molecule has 0 spiro atoms. The van der Waals surface area contributed by atoms with E-state index in [-0.39, 0.29) is 6.61 Å². The van der Waals surface area contributed by atoms with E-state index in [0.717, 1.165) is 17.3 Å². The molecule has 1 aromatic carbocycles. The lowest BCUT2D eigenvalue weighted by molar-refractivity contribution is -0.211. The predicted molar refractivity (Wildman–Crippen MR) is 148 cm³/mol. The molecule has 1 aliphatic heterocycles. The lowest BCUT2D eigenvalue weighted by Crippen LogP contribution is -2.65. The van der Waals surface area contributed by atoms with Crippen LogP contribution in [0.5, 0.6) is 11.5 Å². The summed E-state index contributed by atoms with van der Waals surface area (Å²) >= 11 is 1.13. The molecule has 1 saturated heterocycles. The van der Waals surface area contributed by atoms with Crippen LogP contribution in [-0.4, -0.2) is 89.2 Å². The Bertz CT molecular complexity index is 1290. The molecule has 0 unspecified atom stereocenters. The first-order chi connectivity index (χ1) is 19.9. The van der Waals surface area contributed by atoms with Gasteiger partial charge in [0.25, 0.3) is 0 Å². The molecule has 1 aliphatic rings. The highest BCUT2D eigenvalue weighted by molar-refractivity contribution is 7.99. The number of hydrogen-bond acceptors (Lipinski definition) is 13. The quantitative estimate of drug-likeness (QED) is 0.271. The Morgan fingerprint density at radius 2 is 1.60 bits per heavy atom. The van der Waals surface area contributed by atoms with Crippen LogP contribution in [0.15, 0.2) is 23.4 Å². The van der Waals surface area contributed by atoms with Crippen LogP contribution in [0.4, 0.5) is 0 Å². The highest BCUT2D eigenvalue weighted by atomic mass is 32.2. The number of nitrogens with one attached hydrogen (secondary N) is 1. The maximum Gasteiger partial charge on any atom is 0.303 e. The summed E-state index contributed by atoms with van der Waals surface area (Å²) in [5, 5.41) is 11.8. The van der Waals surface area contributed by atoms with Gasteiger partial charge < -0.3 is 38.3 Å². The second-order valence-corrected chi connectivity index (χ2v) is 10.6. The van der Waals surface area contributed by atoms with Crippen molar-refractivity contribution in [3.8, 4) is 11.5 Å². The number of aromatic nitrogens is 3. The highest BCUT2D eigenvalue weighted by Crippen LogP contribution is 2.36. The molecule has 1 fully saturated rings. The standard InChI is InChI=1S/C27H36N4O10S/c1-14(32)28-23-25(40-17(4)35)24(39-16(3)34)21(13-38-15(2)33)41-26(23)42-27-30-29-22(31(27)5)11-9-18-8-10-19(36-6)20(12-18)37-7/h8,10,12,21,23-26H,9,11,13H2,1-7H3,(H,28,32)/t21-,23+,24-,25-,26+/m1/s1. The average molecular weight is 609 g/mol. The van der Waals surface area contributed by atoms with E-state index in [1.165, 1.54) is 27.7 Å². The summed E-state index contributed by atoms with van der Waals surface area (Å²) in [6.07, 6.45) is -2.13. The van der Waals surface area contributed by atoms with Gasteiger partial charge in [0.05, 0.1) is 14.2 Å². The van der Waals surface area contributed by atoms with Crippen molar-refractivity contribution in [2.24, 2.45) is 7.05 Å². The third kappa shape index (κ3) is 8.58. The fourth-order valence-corrected chi connectivity index (χ4v) is 5.58. The number of rotatable bonds is 12. The van der Waals surface area contributed by atoms with Gasteiger partial charge in [-0.3, -0.25) is 19.2 Å². The smallest absolute Gasteiger partial charge is 0.303 e. The molecule has 14 nitrogen and oxygen atoms in total. The Kier molecular flexibility index (Phi) is 11.6. The third-order valence-electron chi connectivity index (χ3n) is 6.30. The van der Waals surface area contributed by atoms with Crippen LogP contribution in [-0.2, 0) is 58.0 Å². The summed E-state index contributed by atoms with van der Waals surface area (Å²) in [7, 11) is 4.95. The van der Waals surface area contributed by atoms with Gasteiger partial charge >= 0.3 is 17.9 Å². The number of benzene rings is 1. The molecule has 42 heavy (non-hydrogen) atoms. The van der Waals surface area contributed by atoms with Crippen molar-refractivity contribution < 1.29 is 47.6 Å². The Hall–Kier alpha value is -3.85. The number of nitrogens with zero attached hydrogens (tertiary/aromatic N) is 3. The third-order valence-corrected chi connectivity index (χ3v) is 7.51. The monoisotopic (exact) mass is 608 g/mol. The number of esters is 3. The average Bonchev–Trinajstić information content (AvgIpc) is 3.27. The minimum absolute atomic E-state index is 0.287. The van der Waals surface area contributed by atoms with Crippen molar-refractivity contribution in [1.29, 1.82) is 0 Å². The summed E-state index contributed by atoms with van der Waals surface area (Å²) < 4.78 is 34.9. The summed E-state index contributed by atoms with van der Waals surface area (Å²) in [5.74, 6) is -0.404. The maximum atomic E-state index is 12.2. The molecule has 15 heteroatoms. The number of carbonyl (C=O) groups excluding carboxylic acids is 4. The van der Waals surface area contributed by atoms with Gasteiger partial charge in [0.1, 0.15) is 30.0 Å². The summed E-state index contributed by atoms with van der Waals surface area (Å²) in [6, 6.07) is 4.72. The van der Waals surface area contributed by atoms with Crippen molar-refractivity contribution >= 4 is 35.6 Å². The second-order valence-electron chi connectivity index (χ2n) is 9.48. The summed E-state index contributed by atoms with van der Waals surface area (Å²) in [6.45, 7) is 4.62. The van der Waals surface area contributed by atoms with Gasteiger partial charge in [-0.2, -0.15) is 0 Å². The van der Waals surface area contributed by atoms with E-state index in [1.54, 1.807) is 25.8 Å². The van der Waals surface area contributed by atoms with Gasteiger partial charge in [0.2, 0.25) is 5.91 Å². The number of hydrogen-bond donors (Lipinski definition) is 1. The maximum absolute atomic E-state index is 12.2. The van der Waals surface area contributed by atoms with E-state index < -0.39 is 53.6 Å². The van der Waals surface area contributed by atoms with Crippen LogP contribution in [0.1, 0.15) is 39.1 Å². The predicted octanol–water partition coefficient (Wildman–Crippen LogP) is 1.37. The van der Waals surface area contributed by atoms with Crippen LogP contribution in [0, 0.1) is 0 Å². The first kappa shape index (κ1) is 32.7. The van der Waals surface area contributed by atoms with Crippen molar-refractivity contribution in [1.82, 2.24) is 20.1 Å². The molecule has 1 amide bonds. The van der Waals surface area contributed by atoms with Gasteiger partial charge in [-0.25, -0.2) is 0 Å². The lowest BCUT2D eigenvalue weighted by Gasteiger charge is -2.44. The van der Waals surface area contributed by atoms with E-state index in [4.69, 9.17) is 28.4 Å². The number of carbonyl (C=O) groups is 4. The topological polar surface area (TPSA) is 166 Å². The first-order valence-electron chi connectivity index (χ1n) is 13.1. The van der Waals surface area contributed by atoms with Crippen molar-refractivity contribution in [2.75, 3.05) is 20.8 Å². The molecular weight excluding hydrogens is 572 g/mol. The molecule has 3 rings (SSSR count). The minimum atomic E-state index is -1.17. The number of thioether (sulfide) groups is 1. The molecule has 2 aromatic rings. The first-order valence-corrected chi connectivity index (χ1v) is 14.0. The molecule has 230 valence electrons. The fourth-order valence-electron chi connectivity index (χ4n) is 4.45. The molecule has 0 bridgehead atoms. The van der Waals surface area contributed by atoms with Gasteiger partial charge in [-0.15, -0.1) is 10.2 Å². The Morgan fingerprint density at radius 3 is 2.19 bits per heavy atom. The molecule has 2 heterocycles. The Labute approximate surface area is 247 Å². The van der Waals surface area contributed by atoms with Crippen LogP contribution in [0.3, 0.4) is 0 Å². The summed E-state index contributed by atoms with van der Waals surface area (Å²) in [5.41, 5.74) is 0.118. The van der Waals surface area contributed by atoms with Gasteiger partial charge in [0, 0.05) is 41.2 Å².